The van der Waals surface area contributed by atoms with E-state index in [1.807, 2.05) is 84.9 Å². The lowest BCUT2D eigenvalue weighted by Crippen LogP contribution is -1.93. The summed E-state index contributed by atoms with van der Waals surface area (Å²) >= 11 is 0. The van der Waals surface area contributed by atoms with Crippen LogP contribution in [-0.2, 0) is 0 Å². The molecule has 0 radical (unpaired) electrons. The summed E-state index contributed by atoms with van der Waals surface area (Å²) in [6.07, 6.45) is 0. The summed E-state index contributed by atoms with van der Waals surface area (Å²) in [5.74, 6) is 0. The van der Waals surface area contributed by atoms with Crippen LogP contribution < -0.4 is 0 Å². The first-order chi connectivity index (χ1) is 28.7. The zero-order valence-corrected chi connectivity index (χ0v) is 27.3. The van der Waals surface area contributed by atoms with Crippen molar-refractivity contribution < 1.29 is 15.4 Å². The van der Waals surface area contributed by atoms with E-state index < -0.39 is 30.2 Å². The maximum absolute atomic E-state index is 10.00. The number of hydrogen-bond donors (Lipinski definition) is 0. The van der Waals surface area contributed by atoms with Gasteiger partial charge in [-0.05, 0) is 101 Å². The molecule has 0 bridgehead atoms. The Morgan fingerprint density at radius 1 is 0.353 bits per heavy atom. The number of benzene rings is 9. The van der Waals surface area contributed by atoms with E-state index in [9.17, 15) is 4.11 Å². The Hall–Kier alpha value is -6.70. The second-order valence-corrected chi connectivity index (χ2v) is 12.6. The van der Waals surface area contributed by atoms with E-state index in [1.54, 1.807) is 24.3 Å². The SMILES string of the molecule is [2H]c1c([2H])c([2H])c(-c2c([2H])c([2H])c(-c3c4ccccc4c(-c4cccc5oc6cc(-c7ccccc7)ccc6c45)c4ccccc34)c([2H])c2-c2ccccc2)c([2H])c1[2H]. The summed E-state index contributed by atoms with van der Waals surface area (Å²) in [4.78, 5) is 0. The molecule has 10 aromatic rings. The van der Waals surface area contributed by atoms with Crippen molar-refractivity contribution in [2.75, 3.05) is 0 Å². The molecule has 1 heterocycles. The van der Waals surface area contributed by atoms with E-state index in [1.165, 1.54) is 0 Å². The highest BCUT2D eigenvalue weighted by atomic mass is 16.3. The van der Waals surface area contributed by atoms with E-state index in [0.717, 1.165) is 65.7 Å². The number of furan rings is 1. The molecule has 0 amide bonds. The fourth-order valence-corrected chi connectivity index (χ4v) is 7.45. The molecule has 1 aromatic heterocycles. The lowest BCUT2D eigenvalue weighted by Gasteiger charge is -2.19. The number of hydrogen-bond acceptors (Lipinski definition) is 1. The first-order valence-corrected chi connectivity index (χ1v) is 16.9. The molecule has 1 heteroatoms. The van der Waals surface area contributed by atoms with Gasteiger partial charge in [0.25, 0.3) is 0 Å². The molecule has 1 nitrogen and oxygen atoms in total. The Morgan fingerprint density at radius 3 is 1.67 bits per heavy atom. The summed E-state index contributed by atoms with van der Waals surface area (Å²) in [5, 5.41) is 5.25. The Kier molecular flexibility index (Phi) is 5.21. The van der Waals surface area contributed by atoms with E-state index in [0.29, 0.717) is 11.1 Å². The van der Waals surface area contributed by atoms with Gasteiger partial charge < -0.3 is 4.42 Å². The predicted octanol–water partition coefficient (Wildman–Crippen LogP) is 14.2. The Morgan fingerprint density at radius 2 is 0.980 bits per heavy atom. The first-order valence-electron chi connectivity index (χ1n) is 20.9. The van der Waals surface area contributed by atoms with Crippen molar-refractivity contribution in [3.05, 3.63) is 194 Å². The van der Waals surface area contributed by atoms with Crippen LogP contribution in [-0.4, -0.2) is 0 Å². The molecule has 9 aromatic carbocycles. The van der Waals surface area contributed by atoms with Crippen LogP contribution in [0.2, 0.25) is 0 Å². The topological polar surface area (TPSA) is 13.1 Å². The van der Waals surface area contributed by atoms with Crippen LogP contribution in [0, 0.1) is 0 Å². The summed E-state index contributed by atoms with van der Waals surface area (Å²) in [5.41, 5.74) is 6.88. The van der Waals surface area contributed by atoms with Crippen LogP contribution in [0.4, 0.5) is 0 Å². The van der Waals surface area contributed by atoms with Crippen LogP contribution in [0.1, 0.15) is 11.0 Å². The summed E-state index contributed by atoms with van der Waals surface area (Å²) < 4.78 is 78.7. The minimum Gasteiger partial charge on any atom is -0.456 e. The zero-order valence-electron chi connectivity index (χ0n) is 35.3. The molecular weight excluding hydrogens is 617 g/mol. The molecule has 0 aliphatic rings. The van der Waals surface area contributed by atoms with Crippen LogP contribution in [0.5, 0.6) is 0 Å². The third kappa shape index (κ3) is 4.86. The minimum absolute atomic E-state index is 0.0499. The fourth-order valence-electron chi connectivity index (χ4n) is 7.45. The molecule has 0 fully saturated rings. The Bertz CT molecular complexity index is 3270. The van der Waals surface area contributed by atoms with Crippen molar-refractivity contribution in [1.82, 2.24) is 0 Å². The fraction of sp³-hybridized carbons (Fsp3) is 0. The molecule has 0 aliphatic heterocycles. The highest BCUT2D eigenvalue weighted by Gasteiger charge is 2.21. The molecule has 0 saturated carbocycles. The van der Waals surface area contributed by atoms with Crippen LogP contribution in [0.25, 0.3) is 99.1 Å². The molecule has 238 valence electrons. The standard InChI is InChI=1S/C50H32O/c1-4-15-33(16-5-1)36-27-30-43-47(32-36)51-46-26-14-25-44(50(43)46)49-41-23-12-10-21-39(41)48(40-22-11-13-24-42(40)49)37-28-29-38(34-17-6-2-7-18-34)45(31-37)35-19-8-3-9-20-35/h1-32H/i2D,6D,7D,17D,18D,28D,29D,31D. The normalized spacial score (nSPS) is 13.7. The monoisotopic (exact) mass is 656 g/mol. The number of fused-ring (bicyclic) bond motifs is 5. The van der Waals surface area contributed by atoms with Crippen molar-refractivity contribution in [1.29, 1.82) is 0 Å². The molecule has 0 unspecified atom stereocenters. The predicted molar refractivity (Wildman–Crippen MR) is 216 cm³/mol. The zero-order chi connectivity index (χ0) is 40.7. The van der Waals surface area contributed by atoms with Crippen molar-refractivity contribution in [3.63, 3.8) is 0 Å². The number of rotatable bonds is 5. The second kappa shape index (κ2) is 12.0. The highest BCUT2D eigenvalue weighted by Crippen LogP contribution is 2.48. The second-order valence-electron chi connectivity index (χ2n) is 12.6. The van der Waals surface area contributed by atoms with Crippen LogP contribution in [0.15, 0.2) is 198 Å². The highest BCUT2D eigenvalue weighted by molar-refractivity contribution is 6.25. The lowest BCUT2D eigenvalue weighted by molar-refractivity contribution is 0.669. The van der Waals surface area contributed by atoms with Crippen LogP contribution >= 0.6 is 0 Å². The van der Waals surface area contributed by atoms with E-state index >= 15 is 0 Å². The van der Waals surface area contributed by atoms with E-state index in [2.05, 4.69) is 36.4 Å². The largest absolute Gasteiger partial charge is 0.456 e. The van der Waals surface area contributed by atoms with Gasteiger partial charge in [-0.3, -0.25) is 0 Å². The van der Waals surface area contributed by atoms with Crippen molar-refractivity contribution in [2.24, 2.45) is 0 Å². The molecule has 0 saturated heterocycles. The molecule has 51 heavy (non-hydrogen) atoms. The molecular formula is C50H32O. The van der Waals surface area contributed by atoms with Gasteiger partial charge in [-0.25, -0.2) is 0 Å². The third-order valence-corrected chi connectivity index (χ3v) is 9.68. The van der Waals surface area contributed by atoms with Gasteiger partial charge in [0, 0.05) is 10.8 Å². The van der Waals surface area contributed by atoms with Gasteiger partial charge in [0.15, 0.2) is 0 Å². The van der Waals surface area contributed by atoms with Gasteiger partial charge in [-0.1, -0.05) is 170 Å². The van der Waals surface area contributed by atoms with Crippen molar-refractivity contribution in [2.45, 2.75) is 0 Å². The van der Waals surface area contributed by atoms with Crippen molar-refractivity contribution >= 4 is 43.5 Å². The molecule has 0 atom stereocenters. The van der Waals surface area contributed by atoms with E-state index in [4.69, 9.17) is 11.3 Å². The average molecular weight is 657 g/mol. The smallest absolute Gasteiger partial charge is 0.136 e. The molecule has 0 spiro atoms. The minimum atomic E-state index is -0.556. The van der Waals surface area contributed by atoms with Crippen LogP contribution in [0.3, 0.4) is 0 Å². The summed E-state index contributed by atoms with van der Waals surface area (Å²) in [6.45, 7) is 0. The van der Waals surface area contributed by atoms with Gasteiger partial charge in [0.1, 0.15) is 11.2 Å². The Labute approximate surface area is 307 Å². The van der Waals surface area contributed by atoms with Gasteiger partial charge in [0.05, 0.1) is 11.0 Å². The van der Waals surface area contributed by atoms with E-state index in [-0.39, 0.29) is 40.4 Å². The lowest BCUT2D eigenvalue weighted by atomic mass is 9.83. The first kappa shape index (κ1) is 22.1. The maximum atomic E-state index is 10.00. The van der Waals surface area contributed by atoms with Gasteiger partial charge in [0.2, 0.25) is 0 Å². The Balaban J connectivity index is 1.30. The molecule has 10 rings (SSSR count). The van der Waals surface area contributed by atoms with Gasteiger partial charge in [-0.2, -0.15) is 0 Å². The average Bonchev–Trinajstić information content (AvgIpc) is 3.65. The summed E-state index contributed by atoms with van der Waals surface area (Å²) in [6, 6.07) is 44.0. The molecule has 0 N–H and O–H groups in total. The maximum Gasteiger partial charge on any atom is 0.136 e. The van der Waals surface area contributed by atoms with Gasteiger partial charge in [-0.15, -0.1) is 0 Å². The quantitative estimate of drug-likeness (QED) is 0.168. The summed E-state index contributed by atoms with van der Waals surface area (Å²) in [7, 11) is 0. The van der Waals surface area contributed by atoms with Crippen molar-refractivity contribution in [3.8, 4) is 55.6 Å². The molecule has 0 aliphatic carbocycles. The van der Waals surface area contributed by atoms with Gasteiger partial charge >= 0.3 is 0 Å². The third-order valence-electron chi connectivity index (χ3n) is 9.68.